The molecule has 1 fully saturated rings. The highest BCUT2D eigenvalue weighted by Crippen LogP contribution is 2.60. The Hall–Kier alpha value is -0.630. The van der Waals surface area contributed by atoms with Crippen molar-refractivity contribution in [3.8, 4) is 0 Å². The highest BCUT2D eigenvalue weighted by Gasteiger charge is 2.55. The van der Waals surface area contributed by atoms with Gasteiger partial charge in [0.05, 0.1) is 5.60 Å². The lowest BCUT2D eigenvalue weighted by Gasteiger charge is -2.58. The van der Waals surface area contributed by atoms with Gasteiger partial charge in [0.15, 0.2) is 0 Å². The largest absolute Gasteiger partial charge is 0.390 e. The van der Waals surface area contributed by atoms with Crippen LogP contribution in [0.15, 0.2) is 11.1 Å². The minimum Gasteiger partial charge on any atom is -0.390 e. The second-order valence-electron chi connectivity index (χ2n) is 8.78. The van der Waals surface area contributed by atoms with E-state index in [0.29, 0.717) is 23.5 Å². The molecule has 0 amide bonds. The fourth-order valence-electron chi connectivity index (χ4n) is 6.59. The summed E-state index contributed by atoms with van der Waals surface area (Å²) in [7, 11) is 0. The van der Waals surface area contributed by atoms with Crippen LogP contribution in [0.25, 0.3) is 0 Å². The molecule has 0 heterocycles. The van der Waals surface area contributed by atoms with Crippen molar-refractivity contribution in [1.82, 2.24) is 0 Å². The summed E-state index contributed by atoms with van der Waals surface area (Å²) in [4.78, 5) is 11.8. The van der Waals surface area contributed by atoms with Gasteiger partial charge in [0.25, 0.3) is 0 Å². The molecule has 3 aliphatic carbocycles. The average Bonchev–Trinajstić information content (AvgIpc) is 2.51. The third-order valence-electron chi connectivity index (χ3n) is 7.70. The van der Waals surface area contributed by atoms with Crippen LogP contribution in [0.1, 0.15) is 85.5 Å². The van der Waals surface area contributed by atoms with Gasteiger partial charge in [0.1, 0.15) is 5.78 Å². The Morgan fingerprint density at radius 1 is 1.17 bits per heavy atom. The SMILES string of the molecule is CCC1[C@@H]2CCC3=C(CCC(=O)C3)[C@H]2CCC1(CC)C(C)(C)O. The lowest BCUT2D eigenvalue weighted by atomic mass is 9.48. The molecule has 0 radical (unpaired) electrons. The highest BCUT2D eigenvalue weighted by atomic mass is 16.3. The van der Waals surface area contributed by atoms with Gasteiger partial charge in [-0.15, -0.1) is 0 Å². The van der Waals surface area contributed by atoms with Crippen molar-refractivity contribution >= 4 is 5.78 Å². The number of carbonyl (C=O) groups is 1. The minimum absolute atomic E-state index is 0.0610. The summed E-state index contributed by atoms with van der Waals surface area (Å²) in [5.74, 6) is 2.47. The molecular weight excluding hydrogens is 284 g/mol. The number of rotatable bonds is 3. The van der Waals surface area contributed by atoms with Gasteiger partial charge in [-0.25, -0.2) is 0 Å². The van der Waals surface area contributed by atoms with E-state index in [1.165, 1.54) is 24.8 Å². The van der Waals surface area contributed by atoms with Crippen LogP contribution < -0.4 is 0 Å². The Morgan fingerprint density at radius 3 is 2.52 bits per heavy atom. The number of hydrogen-bond acceptors (Lipinski definition) is 2. The van der Waals surface area contributed by atoms with Gasteiger partial charge in [0.2, 0.25) is 0 Å². The Morgan fingerprint density at radius 2 is 1.91 bits per heavy atom. The molecule has 3 rings (SSSR count). The minimum atomic E-state index is -0.607. The molecule has 0 spiro atoms. The number of allylic oxidation sites excluding steroid dienone is 2. The van der Waals surface area contributed by atoms with Gasteiger partial charge in [-0.1, -0.05) is 31.4 Å². The van der Waals surface area contributed by atoms with E-state index < -0.39 is 5.60 Å². The van der Waals surface area contributed by atoms with E-state index in [2.05, 4.69) is 13.8 Å². The maximum atomic E-state index is 11.8. The highest BCUT2D eigenvalue weighted by molar-refractivity contribution is 5.82. The standard InChI is InChI=1S/C21H34O2/c1-5-19-18-9-7-14-13-15(22)8-10-16(14)17(18)11-12-21(19,6-2)20(3,4)23/h17-19,23H,5-13H2,1-4H3/t17-,18-,19?,21?/m1/s1. The van der Waals surface area contributed by atoms with Crippen LogP contribution in [0.3, 0.4) is 0 Å². The van der Waals surface area contributed by atoms with Crippen LogP contribution in [0.2, 0.25) is 0 Å². The zero-order valence-electron chi connectivity index (χ0n) is 15.5. The van der Waals surface area contributed by atoms with Crippen molar-refractivity contribution < 1.29 is 9.90 Å². The summed E-state index contributed by atoms with van der Waals surface area (Å²) >= 11 is 0. The molecule has 2 unspecified atom stereocenters. The maximum absolute atomic E-state index is 11.8. The van der Waals surface area contributed by atoms with Gasteiger partial charge in [-0.05, 0) is 70.1 Å². The van der Waals surface area contributed by atoms with E-state index >= 15 is 0 Å². The molecule has 0 bridgehead atoms. The van der Waals surface area contributed by atoms with Crippen molar-refractivity contribution in [1.29, 1.82) is 0 Å². The van der Waals surface area contributed by atoms with Crippen LogP contribution in [0.4, 0.5) is 0 Å². The third kappa shape index (κ3) is 2.62. The van der Waals surface area contributed by atoms with E-state index in [0.717, 1.165) is 38.5 Å². The molecule has 0 aliphatic heterocycles. The molecule has 1 saturated carbocycles. The summed E-state index contributed by atoms with van der Waals surface area (Å²) in [5, 5.41) is 11.0. The molecular formula is C21H34O2. The molecule has 23 heavy (non-hydrogen) atoms. The first kappa shape index (κ1) is 17.2. The Bertz CT molecular complexity index is 510. The van der Waals surface area contributed by atoms with Gasteiger partial charge in [-0.3, -0.25) is 4.79 Å². The van der Waals surface area contributed by atoms with Gasteiger partial charge < -0.3 is 5.11 Å². The Labute approximate surface area is 141 Å². The van der Waals surface area contributed by atoms with Crippen molar-refractivity contribution in [2.45, 2.75) is 91.1 Å². The predicted molar refractivity (Wildman–Crippen MR) is 94.1 cm³/mol. The first-order chi connectivity index (χ1) is 10.8. The molecule has 0 aromatic heterocycles. The lowest BCUT2D eigenvalue weighted by molar-refractivity contribution is -0.143. The number of ketones is 1. The summed E-state index contributed by atoms with van der Waals surface area (Å²) in [6.45, 7) is 8.66. The van der Waals surface area contributed by atoms with Crippen molar-refractivity contribution in [3.05, 3.63) is 11.1 Å². The van der Waals surface area contributed by atoms with E-state index in [9.17, 15) is 9.90 Å². The van der Waals surface area contributed by atoms with Crippen molar-refractivity contribution in [3.63, 3.8) is 0 Å². The zero-order valence-corrected chi connectivity index (χ0v) is 15.5. The molecule has 130 valence electrons. The molecule has 3 aliphatic rings. The average molecular weight is 319 g/mol. The molecule has 2 nitrogen and oxygen atoms in total. The van der Waals surface area contributed by atoms with Gasteiger partial charge >= 0.3 is 0 Å². The van der Waals surface area contributed by atoms with Crippen molar-refractivity contribution in [2.75, 3.05) is 0 Å². The summed E-state index contributed by atoms with van der Waals surface area (Å²) in [5.41, 5.74) is 2.60. The molecule has 0 saturated heterocycles. The van der Waals surface area contributed by atoms with Crippen LogP contribution in [-0.4, -0.2) is 16.5 Å². The van der Waals surface area contributed by atoms with Gasteiger partial charge in [-0.2, -0.15) is 0 Å². The molecule has 0 aromatic carbocycles. The smallest absolute Gasteiger partial charge is 0.137 e. The number of fused-ring (bicyclic) bond motifs is 2. The number of Topliss-reactive ketones (excluding diaryl/α,β-unsaturated/α-hetero) is 1. The number of carbonyl (C=O) groups excluding carboxylic acids is 1. The second kappa shape index (κ2) is 6.02. The summed E-state index contributed by atoms with van der Waals surface area (Å²) in [6, 6.07) is 0. The number of aliphatic hydroxyl groups is 1. The van der Waals surface area contributed by atoms with Gasteiger partial charge in [0, 0.05) is 18.3 Å². The zero-order chi connectivity index (χ0) is 16.8. The fraction of sp³-hybridized carbons (Fsp3) is 0.857. The summed E-state index contributed by atoms with van der Waals surface area (Å²) in [6.07, 6.45) is 9.47. The molecule has 1 N–H and O–H groups in total. The quantitative estimate of drug-likeness (QED) is 0.739. The van der Waals surface area contributed by atoms with Crippen LogP contribution in [0.5, 0.6) is 0 Å². The fourth-order valence-corrected chi connectivity index (χ4v) is 6.59. The van der Waals surface area contributed by atoms with E-state index in [1.54, 1.807) is 5.57 Å². The molecule has 2 heteroatoms. The van der Waals surface area contributed by atoms with Crippen molar-refractivity contribution in [2.24, 2.45) is 23.2 Å². The predicted octanol–water partition coefficient (Wildman–Crippen LogP) is 5.05. The van der Waals surface area contributed by atoms with E-state index in [1.807, 2.05) is 13.8 Å². The first-order valence-corrected chi connectivity index (χ1v) is 9.79. The van der Waals surface area contributed by atoms with Crippen LogP contribution in [-0.2, 0) is 4.79 Å². The number of hydrogen-bond donors (Lipinski definition) is 1. The monoisotopic (exact) mass is 318 g/mol. The van der Waals surface area contributed by atoms with Crippen LogP contribution in [0, 0.1) is 23.2 Å². The molecule has 0 aromatic rings. The van der Waals surface area contributed by atoms with E-state index in [4.69, 9.17) is 0 Å². The summed E-state index contributed by atoms with van der Waals surface area (Å²) < 4.78 is 0. The Balaban J connectivity index is 1.95. The first-order valence-electron chi connectivity index (χ1n) is 9.79. The second-order valence-corrected chi connectivity index (χ2v) is 8.78. The maximum Gasteiger partial charge on any atom is 0.137 e. The third-order valence-corrected chi connectivity index (χ3v) is 7.70. The van der Waals surface area contributed by atoms with E-state index in [-0.39, 0.29) is 5.41 Å². The normalized spacial score (nSPS) is 38.3. The van der Waals surface area contributed by atoms with Crippen LogP contribution >= 0.6 is 0 Å². The lowest BCUT2D eigenvalue weighted by Crippen LogP contribution is -2.55. The molecule has 4 atom stereocenters. The Kier molecular flexibility index (Phi) is 4.50. The topological polar surface area (TPSA) is 37.3 Å².